The van der Waals surface area contributed by atoms with Crippen molar-refractivity contribution in [1.82, 2.24) is 0 Å². The zero-order valence-corrected chi connectivity index (χ0v) is 8.85. The molecule has 1 aliphatic heterocycles. The van der Waals surface area contributed by atoms with Gasteiger partial charge in [-0.05, 0) is 12.5 Å². The summed E-state index contributed by atoms with van der Waals surface area (Å²) in [6, 6.07) is 7.80. The summed E-state index contributed by atoms with van der Waals surface area (Å²) >= 11 is 0. The van der Waals surface area contributed by atoms with E-state index in [2.05, 4.69) is 0 Å². The van der Waals surface area contributed by atoms with Crippen molar-refractivity contribution in [3.8, 4) is 5.75 Å². The van der Waals surface area contributed by atoms with Gasteiger partial charge in [-0.1, -0.05) is 18.2 Å². The molecule has 15 heavy (non-hydrogen) atoms. The lowest BCUT2D eigenvalue weighted by molar-refractivity contribution is -0.0455. The number of hydrogen-bond acceptors (Lipinski definition) is 3. The van der Waals surface area contributed by atoms with Crippen LogP contribution in [0.25, 0.3) is 0 Å². The number of aliphatic hydroxyl groups is 1. The molecule has 1 aliphatic rings. The Hall–Kier alpha value is -1.06. The number of rotatable bonds is 2. The number of para-hydroxylation sites is 1. The van der Waals surface area contributed by atoms with Crippen molar-refractivity contribution < 1.29 is 14.6 Å². The highest BCUT2D eigenvalue weighted by molar-refractivity contribution is 5.35. The molecule has 0 bridgehead atoms. The molecule has 3 nitrogen and oxygen atoms in total. The number of aliphatic hydroxyl groups excluding tert-OH is 1. The van der Waals surface area contributed by atoms with Crippen LogP contribution in [0.1, 0.15) is 24.5 Å². The fraction of sp³-hybridized carbons (Fsp3) is 0.500. The SMILES string of the molecule is COc1ccccc1C1CC(O)CCO1. The molecule has 3 heteroatoms. The number of ether oxygens (including phenoxy) is 2. The summed E-state index contributed by atoms with van der Waals surface area (Å²) in [5.74, 6) is 0.830. The Labute approximate surface area is 89.6 Å². The smallest absolute Gasteiger partial charge is 0.124 e. The van der Waals surface area contributed by atoms with Gasteiger partial charge in [-0.2, -0.15) is 0 Å². The van der Waals surface area contributed by atoms with Gasteiger partial charge in [0.15, 0.2) is 0 Å². The molecule has 1 aromatic carbocycles. The van der Waals surface area contributed by atoms with E-state index in [1.54, 1.807) is 7.11 Å². The van der Waals surface area contributed by atoms with E-state index < -0.39 is 0 Å². The van der Waals surface area contributed by atoms with E-state index in [1.807, 2.05) is 24.3 Å². The third kappa shape index (κ3) is 2.30. The Bertz CT molecular complexity index is 324. The van der Waals surface area contributed by atoms with Gasteiger partial charge >= 0.3 is 0 Å². The average Bonchev–Trinajstić information content (AvgIpc) is 2.29. The molecule has 0 aromatic heterocycles. The quantitative estimate of drug-likeness (QED) is 0.806. The van der Waals surface area contributed by atoms with Gasteiger partial charge < -0.3 is 14.6 Å². The van der Waals surface area contributed by atoms with E-state index in [9.17, 15) is 5.11 Å². The van der Waals surface area contributed by atoms with Gasteiger partial charge in [0.1, 0.15) is 5.75 Å². The molecule has 0 amide bonds. The van der Waals surface area contributed by atoms with Crippen LogP contribution in [-0.2, 0) is 4.74 Å². The van der Waals surface area contributed by atoms with Crippen molar-refractivity contribution in [1.29, 1.82) is 0 Å². The van der Waals surface area contributed by atoms with E-state index in [0.29, 0.717) is 13.0 Å². The average molecular weight is 208 g/mol. The molecule has 0 radical (unpaired) electrons. The van der Waals surface area contributed by atoms with Crippen molar-refractivity contribution in [2.24, 2.45) is 0 Å². The Kier molecular flexibility index (Phi) is 3.23. The van der Waals surface area contributed by atoms with Gasteiger partial charge in [0.25, 0.3) is 0 Å². The van der Waals surface area contributed by atoms with E-state index in [4.69, 9.17) is 9.47 Å². The molecule has 2 rings (SSSR count). The third-order valence-corrected chi connectivity index (χ3v) is 2.74. The molecule has 2 atom stereocenters. The predicted octanol–water partition coefficient (Wildman–Crippen LogP) is 1.91. The minimum absolute atomic E-state index is 0.0371. The maximum absolute atomic E-state index is 9.58. The van der Waals surface area contributed by atoms with Crippen molar-refractivity contribution in [2.75, 3.05) is 13.7 Å². The Morgan fingerprint density at radius 3 is 2.93 bits per heavy atom. The summed E-state index contributed by atoms with van der Waals surface area (Å²) in [4.78, 5) is 0. The second-order valence-electron chi connectivity index (χ2n) is 3.78. The largest absolute Gasteiger partial charge is 0.496 e. The summed E-state index contributed by atoms with van der Waals surface area (Å²) in [7, 11) is 1.65. The van der Waals surface area contributed by atoms with Crippen LogP contribution in [0.4, 0.5) is 0 Å². The topological polar surface area (TPSA) is 38.7 Å². The zero-order chi connectivity index (χ0) is 10.7. The van der Waals surface area contributed by atoms with Crippen LogP contribution in [0.15, 0.2) is 24.3 Å². The van der Waals surface area contributed by atoms with E-state index in [1.165, 1.54) is 0 Å². The van der Waals surface area contributed by atoms with Crippen LogP contribution in [-0.4, -0.2) is 24.9 Å². The molecule has 1 saturated heterocycles. The van der Waals surface area contributed by atoms with Gasteiger partial charge in [0.05, 0.1) is 19.3 Å². The molecule has 1 heterocycles. The van der Waals surface area contributed by atoms with Crippen molar-refractivity contribution >= 4 is 0 Å². The standard InChI is InChI=1S/C12H16O3/c1-14-11-5-3-2-4-10(11)12-8-9(13)6-7-15-12/h2-5,9,12-13H,6-8H2,1H3. The fourth-order valence-electron chi connectivity index (χ4n) is 1.93. The lowest BCUT2D eigenvalue weighted by Crippen LogP contribution is -2.23. The maximum Gasteiger partial charge on any atom is 0.124 e. The molecule has 0 spiro atoms. The van der Waals surface area contributed by atoms with Crippen LogP contribution >= 0.6 is 0 Å². The monoisotopic (exact) mass is 208 g/mol. The molecular weight excluding hydrogens is 192 g/mol. The van der Waals surface area contributed by atoms with Crippen LogP contribution in [0.5, 0.6) is 5.75 Å². The van der Waals surface area contributed by atoms with Crippen molar-refractivity contribution in [3.05, 3.63) is 29.8 Å². The van der Waals surface area contributed by atoms with Crippen molar-refractivity contribution in [3.63, 3.8) is 0 Å². The predicted molar refractivity (Wildman–Crippen MR) is 56.9 cm³/mol. The molecule has 2 unspecified atom stereocenters. The molecule has 1 fully saturated rings. The van der Waals surface area contributed by atoms with Gasteiger partial charge in [-0.25, -0.2) is 0 Å². The second-order valence-corrected chi connectivity index (χ2v) is 3.78. The van der Waals surface area contributed by atoms with Crippen LogP contribution < -0.4 is 4.74 Å². The lowest BCUT2D eigenvalue weighted by Gasteiger charge is -2.27. The summed E-state index contributed by atoms with van der Waals surface area (Å²) < 4.78 is 10.9. The summed E-state index contributed by atoms with van der Waals surface area (Å²) in [5.41, 5.74) is 1.03. The minimum Gasteiger partial charge on any atom is -0.496 e. The molecule has 1 N–H and O–H groups in total. The maximum atomic E-state index is 9.58. The zero-order valence-electron chi connectivity index (χ0n) is 8.85. The minimum atomic E-state index is -0.256. The Morgan fingerprint density at radius 2 is 2.20 bits per heavy atom. The highest BCUT2D eigenvalue weighted by atomic mass is 16.5. The number of hydrogen-bond donors (Lipinski definition) is 1. The van der Waals surface area contributed by atoms with Crippen molar-refractivity contribution in [2.45, 2.75) is 25.0 Å². The van der Waals surface area contributed by atoms with E-state index >= 15 is 0 Å². The Morgan fingerprint density at radius 1 is 1.40 bits per heavy atom. The summed E-state index contributed by atoms with van der Waals surface area (Å²) in [5, 5.41) is 9.58. The third-order valence-electron chi connectivity index (χ3n) is 2.74. The summed E-state index contributed by atoms with van der Waals surface area (Å²) in [6.45, 7) is 0.615. The molecule has 82 valence electrons. The molecular formula is C12H16O3. The highest BCUT2D eigenvalue weighted by Crippen LogP contribution is 2.33. The molecule has 0 saturated carbocycles. The first kappa shape index (κ1) is 10.5. The number of benzene rings is 1. The molecule has 1 aromatic rings. The fourth-order valence-corrected chi connectivity index (χ4v) is 1.93. The normalized spacial score (nSPS) is 26.3. The first-order valence-electron chi connectivity index (χ1n) is 5.24. The Balaban J connectivity index is 2.20. The van der Waals surface area contributed by atoms with Gasteiger partial charge in [0.2, 0.25) is 0 Å². The van der Waals surface area contributed by atoms with E-state index in [-0.39, 0.29) is 12.2 Å². The number of methoxy groups -OCH3 is 1. The second kappa shape index (κ2) is 4.64. The van der Waals surface area contributed by atoms with Gasteiger partial charge in [0, 0.05) is 18.6 Å². The highest BCUT2D eigenvalue weighted by Gasteiger charge is 2.24. The lowest BCUT2D eigenvalue weighted by atomic mass is 9.99. The molecule has 0 aliphatic carbocycles. The first-order chi connectivity index (χ1) is 7.31. The van der Waals surface area contributed by atoms with Gasteiger partial charge in [-0.3, -0.25) is 0 Å². The van der Waals surface area contributed by atoms with Gasteiger partial charge in [-0.15, -0.1) is 0 Å². The summed E-state index contributed by atoms with van der Waals surface area (Å²) in [6.07, 6.45) is 1.09. The first-order valence-corrected chi connectivity index (χ1v) is 5.24. The van der Waals surface area contributed by atoms with Crippen LogP contribution in [0, 0.1) is 0 Å². The van der Waals surface area contributed by atoms with Crippen LogP contribution in [0.2, 0.25) is 0 Å². The van der Waals surface area contributed by atoms with E-state index in [0.717, 1.165) is 17.7 Å². The van der Waals surface area contributed by atoms with Crippen LogP contribution in [0.3, 0.4) is 0 Å².